The number of phenolic OH excluding ortho intramolecular Hbond substituents is 1. The van der Waals surface area contributed by atoms with E-state index in [9.17, 15) is 0 Å². The van der Waals surface area contributed by atoms with Gasteiger partial charge in [-0.15, -0.1) is 0 Å². The molecule has 14 heavy (non-hydrogen) atoms. The molecule has 0 heterocycles. The number of hydrogen-bond acceptors (Lipinski definition) is 2. The topological polar surface area (TPSA) is 32.3 Å². The molecule has 0 bridgehead atoms. The first-order chi connectivity index (χ1) is 6.72. The first-order valence-electron chi connectivity index (χ1n) is 4.81. The normalized spacial score (nSPS) is 10.1. The van der Waals surface area contributed by atoms with Crippen LogP contribution in [-0.2, 0) is 6.42 Å². The Kier molecular flexibility index (Phi) is 4.20. The number of nitrogens with one attached hydrogen (secondary N) is 1. The van der Waals surface area contributed by atoms with E-state index in [4.69, 9.17) is 5.11 Å². The average molecular weight is 191 g/mol. The summed E-state index contributed by atoms with van der Waals surface area (Å²) in [7, 11) is 1.94. The lowest BCUT2D eigenvalue weighted by Crippen LogP contribution is -2.08. The zero-order valence-corrected chi connectivity index (χ0v) is 8.59. The third-order valence-corrected chi connectivity index (χ3v) is 2.12. The summed E-state index contributed by atoms with van der Waals surface area (Å²) in [4.78, 5) is 0. The van der Waals surface area contributed by atoms with Crippen LogP contribution in [0.1, 0.15) is 12.0 Å². The van der Waals surface area contributed by atoms with Crippen molar-refractivity contribution in [2.75, 3.05) is 13.6 Å². The zero-order chi connectivity index (χ0) is 10.4. The summed E-state index contributed by atoms with van der Waals surface area (Å²) in [6.07, 6.45) is 1.89. The maximum absolute atomic E-state index is 9.10. The van der Waals surface area contributed by atoms with Gasteiger partial charge in [0.1, 0.15) is 5.75 Å². The van der Waals surface area contributed by atoms with Gasteiger partial charge >= 0.3 is 0 Å². The van der Waals surface area contributed by atoms with Crippen LogP contribution < -0.4 is 5.32 Å². The van der Waals surface area contributed by atoms with Crippen molar-refractivity contribution in [2.24, 2.45) is 0 Å². The fourth-order valence-electron chi connectivity index (χ4n) is 1.29. The molecule has 0 aliphatic rings. The van der Waals surface area contributed by atoms with Gasteiger partial charge in [-0.05, 0) is 44.1 Å². The lowest BCUT2D eigenvalue weighted by molar-refractivity contribution is 0.475. The third-order valence-electron chi connectivity index (χ3n) is 2.12. The van der Waals surface area contributed by atoms with Gasteiger partial charge in [-0.1, -0.05) is 24.3 Å². The van der Waals surface area contributed by atoms with Gasteiger partial charge in [-0.3, -0.25) is 0 Å². The third kappa shape index (κ3) is 3.62. The molecule has 0 fully saturated rings. The van der Waals surface area contributed by atoms with Crippen LogP contribution in [0.3, 0.4) is 0 Å². The Hall–Kier alpha value is -1.28. The number of rotatable bonds is 5. The Morgan fingerprint density at radius 3 is 2.57 bits per heavy atom. The molecule has 0 saturated heterocycles. The predicted octanol–water partition coefficient (Wildman–Crippen LogP) is 2.10. The molecule has 76 valence electrons. The van der Waals surface area contributed by atoms with Crippen molar-refractivity contribution in [2.45, 2.75) is 12.8 Å². The van der Waals surface area contributed by atoms with Crippen LogP contribution in [0.4, 0.5) is 0 Å². The molecule has 0 spiro atoms. The minimum atomic E-state index is 0.314. The monoisotopic (exact) mass is 191 g/mol. The zero-order valence-electron chi connectivity index (χ0n) is 8.59. The van der Waals surface area contributed by atoms with E-state index in [2.05, 4.69) is 11.9 Å². The van der Waals surface area contributed by atoms with E-state index in [0.29, 0.717) is 5.75 Å². The molecule has 0 radical (unpaired) electrons. The van der Waals surface area contributed by atoms with E-state index in [1.807, 2.05) is 19.2 Å². The molecule has 2 heteroatoms. The number of aromatic hydroxyl groups is 1. The minimum absolute atomic E-state index is 0.314. The molecule has 0 unspecified atom stereocenters. The van der Waals surface area contributed by atoms with Crippen molar-refractivity contribution in [3.8, 4) is 5.75 Å². The Labute approximate surface area is 85.3 Å². The van der Waals surface area contributed by atoms with E-state index >= 15 is 0 Å². The van der Waals surface area contributed by atoms with Gasteiger partial charge < -0.3 is 10.4 Å². The SMILES string of the molecule is C=C(CCNC)Cc1ccc(O)cc1. The van der Waals surface area contributed by atoms with Crippen LogP contribution in [0.15, 0.2) is 36.4 Å². The Balaban J connectivity index is 2.44. The Morgan fingerprint density at radius 2 is 2.00 bits per heavy atom. The highest BCUT2D eigenvalue weighted by Crippen LogP contribution is 2.13. The highest BCUT2D eigenvalue weighted by Gasteiger charge is 1.97. The Morgan fingerprint density at radius 1 is 1.36 bits per heavy atom. The maximum Gasteiger partial charge on any atom is 0.115 e. The standard InChI is InChI=1S/C12H17NO/c1-10(7-8-13-2)9-11-3-5-12(14)6-4-11/h3-6,13-14H,1,7-9H2,2H3. The molecule has 0 aliphatic heterocycles. The largest absolute Gasteiger partial charge is 0.508 e. The molecular weight excluding hydrogens is 174 g/mol. The number of benzene rings is 1. The summed E-state index contributed by atoms with van der Waals surface area (Å²) in [5.74, 6) is 0.314. The quantitative estimate of drug-likeness (QED) is 0.698. The molecule has 0 aliphatic carbocycles. The molecule has 1 rings (SSSR count). The van der Waals surface area contributed by atoms with Crippen LogP contribution in [0, 0.1) is 0 Å². The fourth-order valence-corrected chi connectivity index (χ4v) is 1.29. The lowest BCUT2D eigenvalue weighted by atomic mass is 10.0. The molecule has 2 N–H and O–H groups in total. The van der Waals surface area contributed by atoms with E-state index in [0.717, 1.165) is 19.4 Å². The average Bonchev–Trinajstić information content (AvgIpc) is 2.18. The highest BCUT2D eigenvalue weighted by atomic mass is 16.3. The van der Waals surface area contributed by atoms with Gasteiger partial charge in [-0.2, -0.15) is 0 Å². The summed E-state index contributed by atoms with van der Waals surface area (Å²) >= 11 is 0. The smallest absolute Gasteiger partial charge is 0.115 e. The first-order valence-corrected chi connectivity index (χ1v) is 4.81. The fraction of sp³-hybridized carbons (Fsp3) is 0.333. The van der Waals surface area contributed by atoms with Crippen molar-refractivity contribution in [3.05, 3.63) is 42.0 Å². The van der Waals surface area contributed by atoms with E-state index < -0.39 is 0 Å². The van der Waals surface area contributed by atoms with Crippen molar-refractivity contribution in [1.29, 1.82) is 0 Å². The van der Waals surface area contributed by atoms with Gasteiger partial charge in [-0.25, -0.2) is 0 Å². The molecule has 2 nitrogen and oxygen atoms in total. The van der Waals surface area contributed by atoms with Gasteiger partial charge in [0.15, 0.2) is 0 Å². The van der Waals surface area contributed by atoms with E-state index in [1.54, 1.807) is 12.1 Å². The van der Waals surface area contributed by atoms with Crippen LogP contribution in [-0.4, -0.2) is 18.7 Å². The lowest BCUT2D eigenvalue weighted by Gasteiger charge is -2.05. The van der Waals surface area contributed by atoms with Crippen LogP contribution >= 0.6 is 0 Å². The number of phenols is 1. The molecule has 0 amide bonds. The Bertz CT molecular complexity index is 290. The van der Waals surface area contributed by atoms with Gasteiger partial charge in [0.2, 0.25) is 0 Å². The summed E-state index contributed by atoms with van der Waals surface area (Å²) < 4.78 is 0. The second-order valence-corrected chi connectivity index (χ2v) is 3.45. The highest BCUT2D eigenvalue weighted by molar-refractivity contribution is 5.28. The van der Waals surface area contributed by atoms with E-state index in [-0.39, 0.29) is 0 Å². The van der Waals surface area contributed by atoms with Crippen molar-refractivity contribution in [1.82, 2.24) is 5.32 Å². The summed E-state index contributed by atoms with van der Waals surface area (Å²) in [5, 5.41) is 12.2. The summed E-state index contributed by atoms with van der Waals surface area (Å²) in [6.45, 7) is 4.98. The van der Waals surface area contributed by atoms with Crippen LogP contribution in [0.5, 0.6) is 5.75 Å². The molecule has 0 aromatic heterocycles. The van der Waals surface area contributed by atoms with Gasteiger partial charge in [0, 0.05) is 0 Å². The first kappa shape index (κ1) is 10.8. The number of hydrogen-bond donors (Lipinski definition) is 2. The molecular formula is C12H17NO. The van der Waals surface area contributed by atoms with Crippen molar-refractivity contribution >= 4 is 0 Å². The summed E-state index contributed by atoms with van der Waals surface area (Å²) in [5.41, 5.74) is 2.41. The van der Waals surface area contributed by atoms with Crippen LogP contribution in [0.25, 0.3) is 0 Å². The van der Waals surface area contributed by atoms with Crippen molar-refractivity contribution in [3.63, 3.8) is 0 Å². The van der Waals surface area contributed by atoms with E-state index in [1.165, 1.54) is 11.1 Å². The van der Waals surface area contributed by atoms with Crippen LogP contribution in [0.2, 0.25) is 0 Å². The maximum atomic E-state index is 9.10. The molecule has 1 aromatic rings. The predicted molar refractivity (Wildman–Crippen MR) is 59.5 cm³/mol. The van der Waals surface area contributed by atoms with Gasteiger partial charge in [0.25, 0.3) is 0 Å². The molecule has 1 aromatic carbocycles. The second kappa shape index (κ2) is 5.45. The summed E-state index contributed by atoms with van der Waals surface area (Å²) in [6, 6.07) is 7.28. The van der Waals surface area contributed by atoms with Crippen molar-refractivity contribution < 1.29 is 5.11 Å². The van der Waals surface area contributed by atoms with Gasteiger partial charge in [0.05, 0.1) is 0 Å². The minimum Gasteiger partial charge on any atom is -0.508 e. The molecule has 0 atom stereocenters. The molecule has 0 saturated carbocycles. The second-order valence-electron chi connectivity index (χ2n) is 3.45.